The van der Waals surface area contributed by atoms with Gasteiger partial charge in [-0.05, 0) is 24.3 Å². The molecule has 3 nitrogen and oxygen atoms in total. The van der Waals surface area contributed by atoms with Gasteiger partial charge >= 0.3 is 0 Å². The van der Waals surface area contributed by atoms with Gasteiger partial charge in [0.1, 0.15) is 5.01 Å². The third-order valence-corrected chi connectivity index (χ3v) is 3.50. The number of benzene rings is 1. The topological polar surface area (TPSA) is 46.0 Å². The maximum atomic E-state index is 9.00. The molecule has 0 aliphatic carbocycles. The summed E-state index contributed by atoms with van der Waals surface area (Å²) >= 11 is 1.54. The Bertz CT molecular complexity index is 663. The molecule has 0 aliphatic heterocycles. The zero-order chi connectivity index (χ0) is 11.7. The van der Waals surface area contributed by atoms with Gasteiger partial charge < -0.3 is 5.11 Å². The second kappa shape index (κ2) is 4.24. The first-order valence-electron chi connectivity index (χ1n) is 5.27. The number of hydrogen-bond donors (Lipinski definition) is 1. The van der Waals surface area contributed by atoms with Gasteiger partial charge in [0.25, 0.3) is 0 Å². The highest BCUT2D eigenvalue weighted by Crippen LogP contribution is 2.26. The third-order valence-electron chi connectivity index (χ3n) is 2.56. The summed E-state index contributed by atoms with van der Waals surface area (Å²) in [6, 6.07) is 10.0. The summed E-state index contributed by atoms with van der Waals surface area (Å²) < 4.78 is 0. The molecule has 0 bridgehead atoms. The van der Waals surface area contributed by atoms with Crippen molar-refractivity contribution < 1.29 is 5.11 Å². The Labute approximate surface area is 102 Å². The lowest BCUT2D eigenvalue weighted by Crippen LogP contribution is -1.83. The lowest BCUT2D eigenvalue weighted by molar-refractivity contribution is 0.278. The predicted molar refractivity (Wildman–Crippen MR) is 68.8 cm³/mol. The molecular formula is C13H10N2OS. The highest BCUT2D eigenvalue weighted by atomic mass is 32.1. The van der Waals surface area contributed by atoms with Crippen LogP contribution in [-0.4, -0.2) is 15.1 Å². The summed E-state index contributed by atoms with van der Waals surface area (Å²) in [7, 11) is 0. The Kier molecular flexibility index (Phi) is 2.59. The minimum absolute atomic E-state index is 0.00830. The van der Waals surface area contributed by atoms with Gasteiger partial charge in [0.05, 0.1) is 17.8 Å². The van der Waals surface area contributed by atoms with Gasteiger partial charge in [-0.25, -0.2) is 4.98 Å². The molecule has 2 aromatic heterocycles. The van der Waals surface area contributed by atoms with E-state index in [1.165, 1.54) is 0 Å². The van der Waals surface area contributed by atoms with Crippen molar-refractivity contribution in [1.29, 1.82) is 0 Å². The van der Waals surface area contributed by atoms with Crippen LogP contribution < -0.4 is 0 Å². The van der Waals surface area contributed by atoms with Gasteiger partial charge in [0.15, 0.2) is 0 Å². The van der Waals surface area contributed by atoms with Crippen molar-refractivity contribution in [3.05, 3.63) is 47.6 Å². The van der Waals surface area contributed by atoms with Crippen LogP contribution >= 0.6 is 11.3 Å². The molecule has 0 atom stereocenters. The van der Waals surface area contributed by atoms with E-state index in [2.05, 4.69) is 16.0 Å². The molecule has 1 aromatic carbocycles. The van der Waals surface area contributed by atoms with E-state index in [1.54, 1.807) is 17.5 Å². The molecule has 3 aromatic rings. The molecule has 1 N–H and O–H groups in total. The molecule has 0 saturated heterocycles. The number of pyridine rings is 1. The summed E-state index contributed by atoms with van der Waals surface area (Å²) in [6.07, 6.45) is 1.79. The summed E-state index contributed by atoms with van der Waals surface area (Å²) in [4.78, 5) is 8.63. The molecule has 4 heteroatoms. The number of nitrogens with zero attached hydrogens (tertiary/aromatic N) is 2. The van der Waals surface area contributed by atoms with Crippen molar-refractivity contribution in [1.82, 2.24) is 9.97 Å². The summed E-state index contributed by atoms with van der Waals surface area (Å²) in [5.74, 6) is 0. The fourth-order valence-corrected chi connectivity index (χ4v) is 2.53. The SMILES string of the molecule is OCc1csc(-c2ccc3ncccc3c2)n1. The van der Waals surface area contributed by atoms with Crippen molar-refractivity contribution in [2.45, 2.75) is 6.61 Å². The van der Waals surface area contributed by atoms with Gasteiger partial charge in [-0.15, -0.1) is 11.3 Å². The second-order valence-corrected chi connectivity index (χ2v) is 4.57. The molecule has 3 rings (SSSR count). The van der Waals surface area contributed by atoms with Gasteiger partial charge in [-0.2, -0.15) is 0 Å². The molecule has 84 valence electrons. The van der Waals surface area contributed by atoms with Crippen LogP contribution in [0.2, 0.25) is 0 Å². The average Bonchev–Trinajstić information content (AvgIpc) is 2.87. The fourth-order valence-electron chi connectivity index (χ4n) is 1.72. The number of aliphatic hydroxyl groups is 1. The molecule has 0 radical (unpaired) electrons. The van der Waals surface area contributed by atoms with E-state index in [1.807, 2.05) is 29.6 Å². The number of hydrogen-bond acceptors (Lipinski definition) is 4. The Morgan fingerprint density at radius 1 is 1.24 bits per heavy atom. The molecule has 0 amide bonds. The lowest BCUT2D eigenvalue weighted by Gasteiger charge is -1.99. The Morgan fingerprint density at radius 3 is 3.00 bits per heavy atom. The van der Waals surface area contributed by atoms with Crippen molar-refractivity contribution in [2.24, 2.45) is 0 Å². The number of aromatic nitrogens is 2. The van der Waals surface area contributed by atoms with Crippen LogP contribution in [0.4, 0.5) is 0 Å². The van der Waals surface area contributed by atoms with Gasteiger partial charge in [0.2, 0.25) is 0 Å². The fraction of sp³-hybridized carbons (Fsp3) is 0.0769. The van der Waals surface area contributed by atoms with Crippen LogP contribution in [0, 0.1) is 0 Å². The molecule has 0 fully saturated rings. The predicted octanol–water partition coefficient (Wildman–Crippen LogP) is 2.85. The standard InChI is InChI=1S/C13H10N2OS/c16-7-11-8-17-13(15-11)10-3-4-12-9(6-10)2-1-5-14-12/h1-6,8,16H,7H2. The maximum Gasteiger partial charge on any atom is 0.123 e. The van der Waals surface area contributed by atoms with Crippen LogP contribution in [0.25, 0.3) is 21.5 Å². The van der Waals surface area contributed by atoms with E-state index >= 15 is 0 Å². The number of thiazole rings is 1. The van der Waals surface area contributed by atoms with Crippen molar-refractivity contribution in [2.75, 3.05) is 0 Å². The first-order chi connectivity index (χ1) is 8.36. The molecule has 2 heterocycles. The number of fused-ring (bicyclic) bond motifs is 1. The summed E-state index contributed by atoms with van der Waals surface area (Å²) in [5, 5.41) is 12.9. The highest BCUT2D eigenvalue weighted by Gasteiger charge is 2.05. The molecule has 0 spiro atoms. The quantitative estimate of drug-likeness (QED) is 0.751. The Hall–Kier alpha value is -1.78. The average molecular weight is 242 g/mol. The first-order valence-corrected chi connectivity index (χ1v) is 6.15. The Balaban J connectivity index is 2.11. The molecular weight excluding hydrogens is 232 g/mol. The van der Waals surface area contributed by atoms with Gasteiger partial charge in [-0.1, -0.05) is 6.07 Å². The maximum absolute atomic E-state index is 9.00. The molecule has 0 saturated carbocycles. The largest absolute Gasteiger partial charge is 0.390 e. The van der Waals surface area contributed by atoms with E-state index in [0.717, 1.165) is 27.2 Å². The zero-order valence-corrected chi connectivity index (χ0v) is 9.81. The van der Waals surface area contributed by atoms with Crippen LogP contribution in [-0.2, 0) is 6.61 Å². The zero-order valence-electron chi connectivity index (χ0n) is 9.00. The number of rotatable bonds is 2. The minimum atomic E-state index is -0.00830. The second-order valence-electron chi connectivity index (χ2n) is 3.71. The van der Waals surface area contributed by atoms with E-state index in [4.69, 9.17) is 5.11 Å². The Morgan fingerprint density at radius 2 is 2.18 bits per heavy atom. The van der Waals surface area contributed by atoms with Crippen LogP contribution in [0.1, 0.15) is 5.69 Å². The molecule has 0 unspecified atom stereocenters. The van der Waals surface area contributed by atoms with Crippen molar-refractivity contribution in [3.8, 4) is 10.6 Å². The van der Waals surface area contributed by atoms with Crippen LogP contribution in [0.3, 0.4) is 0 Å². The molecule has 17 heavy (non-hydrogen) atoms. The highest BCUT2D eigenvalue weighted by molar-refractivity contribution is 7.13. The minimum Gasteiger partial charge on any atom is -0.390 e. The normalized spacial score (nSPS) is 10.9. The van der Waals surface area contributed by atoms with E-state index < -0.39 is 0 Å². The van der Waals surface area contributed by atoms with Crippen LogP contribution in [0.5, 0.6) is 0 Å². The van der Waals surface area contributed by atoms with Crippen molar-refractivity contribution in [3.63, 3.8) is 0 Å². The van der Waals surface area contributed by atoms with Crippen LogP contribution in [0.15, 0.2) is 41.9 Å². The van der Waals surface area contributed by atoms with E-state index in [0.29, 0.717) is 0 Å². The van der Waals surface area contributed by atoms with Crippen molar-refractivity contribution >= 4 is 22.2 Å². The van der Waals surface area contributed by atoms with E-state index in [-0.39, 0.29) is 6.61 Å². The lowest BCUT2D eigenvalue weighted by atomic mass is 10.1. The van der Waals surface area contributed by atoms with E-state index in [9.17, 15) is 0 Å². The molecule has 0 aliphatic rings. The monoisotopic (exact) mass is 242 g/mol. The van der Waals surface area contributed by atoms with Gasteiger partial charge in [0, 0.05) is 22.5 Å². The summed E-state index contributed by atoms with van der Waals surface area (Å²) in [5.41, 5.74) is 2.77. The summed E-state index contributed by atoms with van der Waals surface area (Å²) in [6.45, 7) is -0.00830. The van der Waals surface area contributed by atoms with Gasteiger partial charge in [-0.3, -0.25) is 4.98 Å². The number of aliphatic hydroxyl groups excluding tert-OH is 1. The third kappa shape index (κ3) is 1.92. The smallest absolute Gasteiger partial charge is 0.123 e. The first kappa shape index (κ1) is 10.4.